The number of aromatic nitrogens is 3. The van der Waals surface area contributed by atoms with Gasteiger partial charge in [-0.05, 0) is 36.4 Å². The molecule has 2 heterocycles. The predicted octanol–water partition coefficient (Wildman–Crippen LogP) is 4.55. The molecule has 0 aliphatic rings. The lowest BCUT2D eigenvalue weighted by molar-refractivity contribution is -0.143. The third kappa shape index (κ3) is 3.94. The van der Waals surface area contributed by atoms with Crippen molar-refractivity contribution in [2.24, 2.45) is 0 Å². The summed E-state index contributed by atoms with van der Waals surface area (Å²) in [6, 6.07) is 8.64. The average Bonchev–Trinajstić information content (AvgIpc) is 3.00. The summed E-state index contributed by atoms with van der Waals surface area (Å²) in [5, 5.41) is 6.32. The fraction of sp³-hybridized carbons (Fsp3) is 0.0625. The summed E-state index contributed by atoms with van der Waals surface area (Å²) >= 11 is 5.75. The zero-order chi connectivity index (χ0) is 18.7. The number of anilines is 1. The maximum absolute atomic E-state index is 13.5. The van der Waals surface area contributed by atoms with Gasteiger partial charge in [-0.2, -0.15) is 18.3 Å². The van der Waals surface area contributed by atoms with Gasteiger partial charge >= 0.3 is 12.3 Å². The molecular formula is C16H10ClF3N4O2. The number of rotatable bonds is 3. The van der Waals surface area contributed by atoms with E-state index in [9.17, 15) is 18.0 Å². The Labute approximate surface area is 150 Å². The van der Waals surface area contributed by atoms with Crippen LogP contribution >= 0.6 is 11.6 Å². The van der Waals surface area contributed by atoms with Crippen LogP contribution in [0.15, 0.2) is 55.0 Å². The summed E-state index contributed by atoms with van der Waals surface area (Å²) in [4.78, 5) is 15.6. The number of nitrogens with one attached hydrogen (secondary N) is 1. The Morgan fingerprint density at radius 3 is 2.50 bits per heavy atom. The van der Waals surface area contributed by atoms with Crippen LogP contribution in [-0.4, -0.2) is 20.9 Å². The summed E-state index contributed by atoms with van der Waals surface area (Å²) in [5.74, 6) is -0.728. The van der Waals surface area contributed by atoms with E-state index in [-0.39, 0.29) is 11.4 Å². The summed E-state index contributed by atoms with van der Waals surface area (Å²) in [6.45, 7) is 0. The van der Waals surface area contributed by atoms with Crippen molar-refractivity contribution in [3.63, 3.8) is 0 Å². The standard InChI is InChI=1S/C16H10ClF3N4O2/c17-10-3-5-12(6-4-10)24-14(16(18,19)20)13(9-22-24)26-15(25)23-11-2-1-7-21-8-11/h1-9H,(H,23,25). The Kier molecular flexibility index (Phi) is 4.81. The number of amides is 1. The normalized spacial score (nSPS) is 11.2. The molecule has 6 nitrogen and oxygen atoms in total. The number of carbonyl (C=O) groups is 1. The number of ether oxygens (including phenoxy) is 1. The van der Waals surface area contributed by atoms with Crippen LogP contribution in [0, 0.1) is 0 Å². The molecule has 0 radical (unpaired) electrons. The van der Waals surface area contributed by atoms with Crippen molar-refractivity contribution in [1.82, 2.24) is 14.8 Å². The van der Waals surface area contributed by atoms with Crippen LogP contribution in [0.25, 0.3) is 5.69 Å². The van der Waals surface area contributed by atoms with E-state index in [0.717, 1.165) is 6.20 Å². The Morgan fingerprint density at radius 1 is 1.15 bits per heavy atom. The molecule has 0 aliphatic heterocycles. The summed E-state index contributed by atoms with van der Waals surface area (Å²) in [6.07, 6.45) is -2.28. The van der Waals surface area contributed by atoms with E-state index >= 15 is 0 Å². The third-order valence-electron chi connectivity index (χ3n) is 3.19. The second-order valence-corrected chi connectivity index (χ2v) is 5.44. The maximum atomic E-state index is 13.5. The lowest BCUT2D eigenvalue weighted by Gasteiger charge is -2.12. The van der Waals surface area contributed by atoms with Gasteiger partial charge in [0, 0.05) is 11.2 Å². The highest BCUT2D eigenvalue weighted by atomic mass is 35.5. The van der Waals surface area contributed by atoms with Gasteiger partial charge in [0.15, 0.2) is 11.4 Å². The Morgan fingerprint density at radius 2 is 1.88 bits per heavy atom. The highest BCUT2D eigenvalue weighted by molar-refractivity contribution is 6.30. The summed E-state index contributed by atoms with van der Waals surface area (Å²) < 4.78 is 45.9. The van der Waals surface area contributed by atoms with Gasteiger partial charge in [-0.1, -0.05) is 11.6 Å². The molecule has 1 amide bonds. The lowest BCUT2D eigenvalue weighted by atomic mass is 10.3. The first-order chi connectivity index (χ1) is 12.3. The maximum Gasteiger partial charge on any atom is 0.437 e. The van der Waals surface area contributed by atoms with Crippen LogP contribution in [0.2, 0.25) is 5.02 Å². The predicted molar refractivity (Wildman–Crippen MR) is 87.5 cm³/mol. The fourth-order valence-corrected chi connectivity index (χ4v) is 2.25. The Hall–Kier alpha value is -3.07. The minimum Gasteiger partial charge on any atom is -0.406 e. The molecule has 0 saturated heterocycles. The minimum atomic E-state index is -4.81. The van der Waals surface area contributed by atoms with E-state index < -0.39 is 23.7 Å². The number of nitrogens with zero attached hydrogens (tertiary/aromatic N) is 3. The van der Waals surface area contributed by atoms with Crippen LogP contribution < -0.4 is 10.1 Å². The quantitative estimate of drug-likeness (QED) is 0.721. The van der Waals surface area contributed by atoms with Gasteiger partial charge in [-0.3, -0.25) is 10.3 Å². The highest BCUT2D eigenvalue weighted by Crippen LogP contribution is 2.37. The number of carbonyl (C=O) groups excluding carboxylic acids is 1. The van der Waals surface area contributed by atoms with Gasteiger partial charge in [0.05, 0.1) is 23.8 Å². The van der Waals surface area contributed by atoms with Gasteiger partial charge < -0.3 is 4.74 Å². The van der Waals surface area contributed by atoms with Crippen molar-refractivity contribution in [1.29, 1.82) is 0 Å². The summed E-state index contributed by atoms with van der Waals surface area (Å²) in [7, 11) is 0. The van der Waals surface area contributed by atoms with Crippen molar-refractivity contribution in [3.05, 3.63) is 65.7 Å². The van der Waals surface area contributed by atoms with Crippen LogP contribution in [-0.2, 0) is 6.18 Å². The van der Waals surface area contributed by atoms with Crippen LogP contribution in [0.5, 0.6) is 5.75 Å². The monoisotopic (exact) mass is 382 g/mol. The van der Waals surface area contributed by atoms with Gasteiger partial charge in [0.25, 0.3) is 0 Å². The molecule has 0 unspecified atom stereocenters. The van der Waals surface area contributed by atoms with Crippen molar-refractivity contribution in [2.75, 3.05) is 5.32 Å². The molecule has 0 bridgehead atoms. The number of halogens is 4. The molecule has 0 aliphatic carbocycles. The highest BCUT2D eigenvalue weighted by Gasteiger charge is 2.40. The SMILES string of the molecule is O=C(Nc1cccnc1)Oc1cnn(-c2ccc(Cl)cc2)c1C(F)(F)F. The average molecular weight is 383 g/mol. The van der Waals surface area contributed by atoms with Crippen molar-refractivity contribution < 1.29 is 22.7 Å². The van der Waals surface area contributed by atoms with E-state index in [0.29, 0.717) is 9.70 Å². The van der Waals surface area contributed by atoms with Gasteiger partial charge in [-0.25, -0.2) is 9.48 Å². The number of hydrogen-bond donors (Lipinski definition) is 1. The topological polar surface area (TPSA) is 69.0 Å². The van der Waals surface area contributed by atoms with Gasteiger partial charge in [0.1, 0.15) is 0 Å². The smallest absolute Gasteiger partial charge is 0.406 e. The van der Waals surface area contributed by atoms with Crippen LogP contribution in [0.4, 0.5) is 23.7 Å². The summed E-state index contributed by atoms with van der Waals surface area (Å²) in [5.41, 5.74) is -0.832. The van der Waals surface area contributed by atoms with Crippen LogP contribution in [0.1, 0.15) is 5.69 Å². The number of hydrogen-bond acceptors (Lipinski definition) is 4. The molecule has 2 aromatic heterocycles. The molecular weight excluding hydrogens is 373 g/mol. The lowest BCUT2D eigenvalue weighted by Crippen LogP contribution is -2.20. The van der Waals surface area contributed by atoms with E-state index in [1.165, 1.54) is 42.7 Å². The third-order valence-corrected chi connectivity index (χ3v) is 3.44. The Bertz CT molecular complexity index is 911. The molecule has 3 rings (SSSR count). The zero-order valence-corrected chi connectivity index (χ0v) is 13.6. The zero-order valence-electron chi connectivity index (χ0n) is 12.9. The van der Waals surface area contributed by atoms with Crippen molar-refractivity contribution in [3.8, 4) is 11.4 Å². The molecule has 3 aromatic rings. The van der Waals surface area contributed by atoms with E-state index in [1.54, 1.807) is 6.07 Å². The fourth-order valence-electron chi connectivity index (χ4n) is 2.13. The molecule has 0 spiro atoms. The molecule has 10 heteroatoms. The van der Waals surface area contributed by atoms with Gasteiger partial charge in [0.2, 0.25) is 0 Å². The first-order valence-corrected chi connectivity index (χ1v) is 7.52. The molecule has 0 fully saturated rings. The van der Waals surface area contributed by atoms with E-state index in [2.05, 4.69) is 15.4 Å². The van der Waals surface area contributed by atoms with Crippen LogP contribution in [0.3, 0.4) is 0 Å². The number of alkyl halides is 3. The van der Waals surface area contributed by atoms with Crippen molar-refractivity contribution in [2.45, 2.75) is 6.18 Å². The first kappa shape index (κ1) is 17.7. The van der Waals surface area contributed by atoms with E-state index in [4.69, 9.17) is 16.3 Å². The molecule has 134 valence electrons. The number of benzene rings is 1. The van der Waals surface area contributed by atoms with Gasteiger partial charge in [-0.15, -0.1) is 0 Å². The largest absolute Gasteiger partial charge is 0.437 e. The van der Waals surface area contributed by atoms with Crippen molar-refractivity contribution >= 4 is 23.4 Å². The second kappa shape index (κ2) is 7.04. The molecule has 1 N–H and O–H groups in total. The molecule has 1 aromatic carbocycles. The second-order valence-electron chi connectivity index (χ2n) is 5.00. The minimum absolute atomic E-state index is 0.115. The molecule has 0 saturated carbocycles. The number of pyridine rings is 1. The Balaban J connectivity index is 1.90. The van der Waals surface area contributed by atoms with E-state index in [1.807, 2.05) is 0 Å². The molecule has 0 atom stereocenters. The molecule has 26 heavy (non-hydrogen) atoms. The first-order valence-electron chi connectivity index (χ1n) is 7.14.